The minimum Gasteiger partial charge on any atom is -0.444 e. The van der Waals surface area contributed by atoms with Gasteiger partial charge in [-0.3, -0.25) is 10.0 Å². The van der Waals surface area contributed by atoms with Crippen LogP contribution in [0.3, 0.4) is 0 Å². The molecule has 212 valence electrons. The van der Waals surface area contributed by atoms with Crippen LogP contribution >= 0.6 is 0 Å². The molecular formula is C26H35N5O7S. The lowest BCUT2D eigenvalue weighted by Gasteiger charge is -2.38. The smallest absolute Gasteiger partial charge is 0.410 e. The molecule has 39 heavy (non-hydrogen) atoms. The van der Waals surface area contributed by atoms with E-state index in [0.29, 0.717) is 51.4 Å². The second-order valence-electron chi connectivity index (χ2n) is 11.2. The molecule has 5 rings (SSSR count). The number of carbonyl (C=O) groups is 2. The number of sulfonamides is 1. The highest BCUT2D eigenvalue weighted by Crippen LogP contribution is 2.50. The molecule has 1 aromatic carbocycles. The highest BCUT2D eigenvalue weighted by Gasteiger charge is 2.56. The van der Waals surface area contributed by atoms with Gasteiger partial charge in [-0.15, -0.1) is 0 Å². The molecule has 4 aliphatic rings. The molecule has 13 heteroatoms. The third-order valence-corrected chi connectivity index (χ3v) is 10.7. The zero-order valence-electron chi connectivity index (χ0n) is 22.0. The van der Waals surface area contributed by atoms with E-state index in [1.165, 1.54) is 4.31 Å². The molecule has 0 spiro atoms. The highest BCUT2D eigenvalue weighted by atomic mass is 32.2. The second-order valence-corrected chi connectivity index (χ2v) is 13.1. The van der Waals surface area contributed by atoms with Gasteiger partial charge in [-0.1, -0.05) is 0 Å². The Morgan fingerprint density at radius 3 is 2.46 bits per heavy atom. The van der Waals surface area contributed by atoms with Crippen molar-refractivity contribution in [2.45, 2.75) is 32.3 Å². The number of ether oxygens (including phenoxy) is 2. The van der Waals surface area contributed by atoms with Crippen molar-refractivity contribution in [3.63, 3.8) is 0 Å². The van der Waals surface area contributed by atoms with Gasteiger partial charge in [0.2, 0.25) is 10.0 Å². The van der Waals surface area contributed by atoms with Crippen molar-refractivity contribution in [3.8, 4) is 6.07 Å². The second kappa shape index (κ2) is 10.9. The maximum atomic E-state index is 13.6. The van der Waals surface area contributed by atoms with Gasteiger partial charge < -0.3 is 19.3 Å². The molecule has 3 saturated heterocycles. The molecule has 1 saturated carbocycles. The van der Waals surface area contributed by atoms with Crippen molar-refractivity contribution in [1.29, 1.82) is 5.26 Å². The zero-order valence-corrected chi connectivity index (χ0v) is 22.9. The summed E-state index contributed by atoms with van der Waals surface area (Å²) in [6, 6.07) is 7.58. The number of fused-ring (bicyclic) bond motifs is 1. The Hall–Kier alpha value is -2.92. The van der Waals surface area contributed by atoms with Gasteiger partial charge in [0.1, 0.15) is 6.10 Å². The van der Waals surface area contributed by atoms with Crippen molar-refractivity contribution in [2.24, 2.45) is 17.3 Å². The number of aryl methyl sites for hydroxylation is 1. The van der Waals surface area contributed by atoms with Crippen molar-refractivity contribution >= 4 is 27.7 Å². The fourth-order valence-corrected chi connectivity index (χ4v) is 8.64. The summed E-state index contributed by atoms with van der Waals surface area (Å²) in [6.45, 7) is 5.19. The van der Waals surface area contributed by atoms with E-state index < -0.39 is 27.4 Å². The summed E-state index contributed by atoms with van der Waals surface area (Å²) in [5.74, 6) is -1.19. The maximum Gasteiger partial charge on any atom is 0.410 e. The predicted molar refractivity (Wildman–Crippen MR) is 139 cm³/mol. The Balaban J connectivity index is 1.21. The van der Waals surface area contributed by atoms with Crippen molar-refractivity contribution in [1.82, 2.24) is 14.7 Å². The molecular weight excluding hydrogens is 526 g/mol. The van der Waals surface area contributed by atoms with Crippen LogP contribution in [0.25, 0.3) is 0 Å². The molecule has 1 unspecified atom stereocenters. The Labute approximate surface area is 228 Å². The van der Waals surface area contributed by atoms with Crippen LogP contribution in [0.4, 0.5) is 10.5 Å². The normalized spacial score (nSPS) is 29.2. The maximum absolute atomic E-state index is 13.6. The van der Waals surface area contributed by atoms with Crippen LogP contribution in [-0.4, -0.2) is 99.2 Å². The first-order valence-corrected chi connectivity index (χ1v) is 15.0. The minimum atomic E-state index is -3.81. The van der Waals surface area contributed by atoms with Gasteiger partial charge in [-0.2, -0.15) is 9.57 Å². The molecule has 1 aliphatic carbocycles. The molecule has 3 aliphatic heterocycles. The van der Waals surface area contributed by atoms with Gasteiger partial charge >= 0.3 is 6.09 Å². The standard InChI is InChI=1S/C26H35N5O7S/c1-18-10-19(13-27)2-3-23(18)29-5-7-31(8-6-29)39(35,36)17-26(24(32)28-34)11-20-14-30(15-21(20)12-26)25(33)38-22-4-9-37-16-22/h2-3,10,20-22,34H,4-9,11-12,14-17H2,1H3,(H,28,32)/t20-,21+,22-,26?/m0/s1. The number of amides is 2. The molecule has 2 N–H and O–H groups in total. The predicted octanol–water partition coefficient (Wildman–Crippen LogP) is 1.08. The number of likely N-dealkylation sites (tertiary alicyclic amines) is 1. The van der Waals surface area contributed by atoms with Crippen LogP contribution in [0.1, 0.15) is 30.4 Å². The van der Waals surface area contributed by atoms with Crippen LogP contribution in [-0.2, 0) is 24.3 Å². The number of hydrogen-bond acceptors (Lipinski definition) is 9. The minimum absolute atomic E-state index is 0.0546. The number of piperazine rings is 1. The van der Waals surface area contributed by atoms with Crippen LogP contribution in [0.2, 0.25) is 0 Å². The van der Waals surface area contributed by atoms with Gasteiger partial charge in [0.15, 0.2) is 0 Å². The molecule has 2 amide bonds. The van der Waals surface area contributed by atoms with E-state index in [-0.39, 0.29) is 49.6 Å². The van der Waals surface area contributed by atoms with Gasteiger partial charge in [-0.25, -0.2) is 18.7 Å². The number of nitrogens with one attached hydrogen (secondary N) is 1. The highest BCUT2D eigenvalue weighted by molar-refractivity contribution is 7.89. The molecule has 0 bridgehead atoms. The first-order chi connectivity index (χ1) is 18.6. The van der Waals surface area contributed by atoms with Crippen molar-refractivity contribution < 1.29 is 32.7 Å². The third-order valence-electron chi connectivity index (χ3n) is 8.64. The summed E-state index contributed by atoms with van der Waals surface area (Å²) >= 11 is 0. The van der Waals surface area contributed by atoms with Gasteiger partial charge in [0.25, 0.3) is 5.91 Å². The first kappa shape index (κ1) is 27.6. The van der Waals surface area contributed by atoms with Gasteiger partial charge in [0, 0.05) is 51.4 Å². The van der Waals surface area contributed by atoms with E-state index in [4.69, 9.17) is 14.7 Å². The average Bonchev–Trinajstić information content (AvgIpc) is 3.64. The lowest BCUT2D eigenvalue weighted by Crippen LogP contribution is -2.53. The summed E-state index contributed by atoms with van der Waals surface area (Å²) in [4.78, 5) is 29.2. The molecule has 4 atom stereocenters. The van der Waals surface area contributed by atoms with Crippen LogP contribution in [0, 0.1) is 35.5 Å². The fraction of sp³-hybridized carbons (Fsp3) is 0.654. The third kappa shape index (κ3) is 5.56. The summed E-state index contributed by atoms with van der Waals surface area (Å²) in [5.41, 5.74) is 2.95. The first-order valence-electron chi connectivity index (χ1n) is 13.4. The number of anilines is 1. The number of carbonyl (C=O) groups excluding carboxylic acids is 2. The SMILES string of the molecule is Cc1cc(C#N)ccc1N1CCN(S(=O)(=O)CC2(C(=O)NO)C[C@H]3CN(C(=O)O[C@H]4CCOC4)C[C@H]3C2)CC1. The Bertz CT molecular complexity index is 1240. The number of nitriles is 1. The summed E-state index contributed by atoms with van der Waals surface area (Å²) in [6.07, 6.45) is 0.558. The van der Waals surface area contributed by atoms with E-state index in [1.807, 2.05) is 19.1 Å². The van der Waals surface area contributed by atoms with E-state index in [9.17, 15) is 23.2 Å². The topological polar surface area (TPSA) is 153 Å². The summed E-state index contributed by atoms with van der Waals surface area (Å²) < 4.78 is 39.3. The van der Waals surface area contributed by atoms with Crippen molar-refractivity contribution in [2.75, 3.05) is 63.1 Å². The molecule has 12 nitrogen and oxygen atoms in total. The van der Waals surface area contributed by atoms with Crippen LogP contribution < -0.4 is 10.4 Å². The number of hydrogen-bond donors (Lipinski definition) is 2. The van der Waals surface area contributed by atoms with Crippen LogP contribution in [0.5, 0.6) is 0 Å². The van der Waals surface area contributed by atoms with E-state index in [0.717, 1.165) is 11.3 Å². The lowest BCUT2D eigenvalue weighted by molar-refractivity contribution is -0.138. The Morgan fingerprint density at radius 2 is 1.90 bits per heavy atom. The largest absolute Gasteiger partial charge is 0.444 e. The molecule has 0 aromatic heterocycles. The number of benzene rings is 1. The quantitative estimate of drug-likeness (QED) is 0.384. The van der Waals surface area contributed by atoms with E-state index >= 15 is 0 Å². The molecule has 4 fully saturated rings. The molecule has 0 radical (unpaired) electrons. The summed E-state index contributed by atoms with van der Waals surface area (Å²) in [7, 11) is -3.81. The van der Waals surface area contributed by atoms with Crippen LogP contribution in [0.15, 0.2) is 18.2 Å². The lowest BCUT2D eigenvalue weighted by atomic mass is 9.86. The monoisotopic (exact) mass is 561 g/mol. The number of rotatable bonds is 6. The van der Waals surface area contributed by atoms with E-state index in [2.05, 4.69) is 11.0 Å². The van der Waals surface area contributed by atoms with Crippen molar-refractivity contribution in [3.05, 3.63) is 29.3 Å². The fourth-order valence-electron chi connectivity index (χ4n) is 6.68. The van der Waals surface area contributed by atoms with Gasteiger partial charge in [-0.05, 0) is 55.4 Å². The Kier molecular flexibility index (Phi) is 7.74. The zero-order chi connectivity index (χ0) is 27.8. The molecule has 3 heterocycles. The Morgan fingerprint density at radius 1 is 1.21 bits per heavy atom. The van der Waals surface area contributed by atoms with Gasteiger partial charge in [0.05, 0.1) is 36.0 Å². The molecule has 1 aromatic rings. The number of hydroxylamine groups is 1. The van der Waals surface area contributed by atoms with E-state index in [1.54, 1.807) is 16.4 Å². The summed E-state index contributed by atoms with van der Waals surface area (Å²) in [5, 5.41) is 18.6. The average molecular weight is 562 g/mol. The number of nitrogens with zero attached hydrogens (tertiary/aromatic N) is 4.